The Bertz CT molecular complexity index is 1320. The molecule has 3 aromatic rings. The molecule has 10 nitrogen and oxygen atoms in total. The van der Waals surface area contributed by atoms with E-state index in [0.717, 1.165) is 17.7 Å². The van der Waals surface area contributed by atoms with Crippen LogP contribution in [0.15, 0.2) is 78.9 Å². The summed E-state index contributed by atoms with van der Waals surface area (Å²) >= 11 is 0. The zero-order valence-corrected chi connectivity index (χ0v) is 23.1. The van der Waals surface area contributed by atoms with Gasteiger partial charge in [0.15, 0.2) is 0 Å². The second-order valence-electron chi connectivity index (χ2n) is 8.91. The van der Waals surface area contributed by atoms with Crippen LogP contribution in [0.3, 0.4) is 0 Å². The third-order valence-electron chi connectivity index (χ3n) is 5.88. The highest BCUT2D eigenvalue weighted by atomic mass is 31.2. The topological polar surface area (TPSA) is 143 Å². The summed E-state index contributed by atoms with van der Waals surface area (Å²) in [5.41, 5.74) is -4.14. The third-order valence-corrected chi connectivity index (χ3v) is 6.87. The van der Waals surface area contributed by atoms with Gasteiger partial charge in [-0.3, -0.25) is 9.36 Å². The third kappa shape index (κ3) is 9.56. The molecule has 0 radical (unpaired) electrons. The first kappa shape index (κ1) is 31.5. The molecule has 3 aromatic carbocycles. The summed E-state index contributed by atoms with van der Waals surface area (Å²) in [5, 5.41) is 5.20. The molecule has 3 rings (SSSR count). The lowest BCUT2D eigenvalue weighted by molar-refractivity contribution is -0.123. The van der Waals surface area contributed by atoms with E-state index in [4.69, 9.17) is 24.0 Å². The van der Waals surface area contributed by atoms with Crippen molar-refractivity contribution in [2.75, 3.05) is 20.3 Å². The van der Waals surface area contributed by atoms with Crippen molar-refractivity contribution in [2.24, 2.45) is 0 Å². The summed E-state index contributed by atoms with van der Waals surface area (Å²) in [4.78, 5) is 43.3. The van der Waals surface area contributed by atoms with E-state index in [1.807, 2.05) is 6.07 Å². The molecule has 0 bridgehead atoms. The highest BCUT2D eigenvalue weighted by molar-refractivity contribution is 7.52. The quantitative estimate of drug-likeness (QED) is 0.160. The molecule has 0 aliphatic carbocycles. The van der Waals surface area contributed by atoms with Crippen molar-refractivity contribution in [3.8, 4) is 11.5 Å². The zero-order valence-electron chi connectivity index (χ0n) is 22.2. The molecule has 0 saturated heterocycles. The molecular weight excluding hydrogens is 561 g/mol. The fourth-order valence-corrected chi connectivity index (χ4v) is 4.12. The van der Waals surface area contributed by atoms with E-state index in [1.165, 1.54) is 12.1 Å². The molecule has 0 aliphatic heterocycles. The zero-order chi connectivity index (χ0) is 29.9. The Morgan fingerprint density at radius 2 is 1.56 bits per heavy atom. The summed E-state index contributed by atoms with van der Waals surface area (Å²) in [5.74, 6) is 0.775. The molecule has 0 fully saturated rings. The van der Waals surface area contributed by atoms with Gasteiger partial charge in [-0.1, -0.05) is 54.6 Å². The van der Waals surface area contributed by atoms with Gasteiger partial charge in [-0.25, -0.2) is 4.79 Å². The van der Waals surface area contributed by atoms with Crippen LogP contribution in [0.25, 0.3) is 0 Å². The Hall–Kier alpha value is -3.99. The maximum absolute atomic E-state index is 14.0. The predicted molar refractivity (Wildman–Crippen MR) is 146 cm³/mol. The first-order valence-electron chi connectivity index (χ1n) is 12.5. The summed E-state index contributed by atoms with van der Waals surface area (Å²) in [6.45, 7) is 0.495. The normalized spacial score (nSPS) is 12.2. The Morgan fingerprint density at radius 1 is 0.927 bits per heavy atom. The van der Waals surface area contributed by atoms with Gasteiger partial charge >= 0.3 is 19.4 Å². The van der Waals surface area contributed by atoms with Crippen LogP contribution in [-0.2, 0) is 32.8 Å². The number of carbonyl (C=O) groups is 2. The van der Waals surface area contributed by atoms with Gasteiger partial charge in [0.1, 0.15) is 24.1 Å². The second-order valence-corrected chi connectivity index (χ2v) is 10.6. The van der Waals surface area contributed by atoms with Crippen LogP contribution in [0, 0.1) is 0 Å². The fraction of sp³-hybridized carbons (Fsp3) is 0.286. The van der Waals surface area contributed by atoms with Crippen molar-refractivity contribution in [2.45, 2.75) is 31.2 Å². The van der Waals surface area contributed by atoms with Crippen LogP contribution in [0.4, 0.5) is 13.6 Å². The molecule has 0 aromatic heterocycles. The van der Waals surface area contributed by atoms with Crippen molar-refractivity contribution in [1.82, 2.24) is 10.6 Å². The standard InChI is InChI=1S/C28H31F2N2O8P/c1-38-23-12-14-24(15-13-23)39-17-5-16-31-26(33)25(32-27(34)40-19-21-6-3-2-4-7-21)18-20-8-10-22(11-9-20)28(29,30)41(35,36)37/h2-4,6-15,25H,5,16-19H2,1H3,(H,31,33)(H,32,34)(H2,35,36,37)/t25-/m0/s1. The van der Waals surface area contributed by atoms with E-state index in [0.29, 0.717) is 30.1 Å². The van der Waals surface area contributed by atoms with E-state index in [2.05, 4.69) is 10.6 Å². The van der Waals surface area contributed by atoms with Gasteiger partial charge in [0.05, 0.1) is 13.7 Å². The molecule has 1 atom stereocenters. The summed E-state index contributed by atoms with van der Waals surface area (Å²) in [7, 11) is -4.17. The number of hydrogen-bond donors (Lipinski definition) is 4. The van der Waals surface area contributed by atoms with Crippen LogP contribution < -0.4 is 20.1 Å². The number of hydrogen-bond acceptors (Lipinski definition) is 6. The maximum atomic E-state index is 14.0. The van der Waals surface area contributed by atoms with E-state index >= 15 is 0 Å². The average molecular weight is 593 g/mol. The van der Waals surface area contributed by atoms with E-state index in [1.54, 1.807) is 55.6 Å². The van der Waals surface area contributed by atoms with Gasteiger partial charge in [0.2, 0.25) is 5.91 Å². The lowest BCUT2D eigenvalue weighted by atomic mass is 10.0. The minimum atomic E-state index is -5.73. The summed E-state index contributed by atoms with van der Waals surface area (Å²) in [6, 6.07) is 18.9. The number of methoxy groups -OCH3 is 1. The van der Waals surface area contributed by atoms with Crippen molar-refractivity contribution < 1.29 is 46.9 Å². The van der Waals surface area contributed by atoms with Crippen LogP contribution in [-0.4, -0.2) is 48.1 Å². The number of halogens is 2. The molecule has 13 heteroatoms. The summed E-state index contributed by atoms with van der Waals surface area (Å²) in [6.07, 6.45) is -0.507. The Balaban J connectivity index is 1.60. The molecule has 0 aliphatic rings. The summed E-state index contributed by atoms with van der Waals surface area (Å²) < 4.78 is 55.1. The van der Waals surface area contributed by atoms with Crippen LogP contribution in [0.5, 0.6) is 11.5 Å². The molecule has 41 heavy (non-hydrogen) atoms. The van der Waals surface area contributed by atoms with Crippen LogP contribution in [0.2, 0.25) is 0 Å². The van der Waals surface area contributed by atoms with Gasteiger partial charge in [0, 0.05) is 18.5 Å². The molecular formula is C28H31F2N2O8P. The SMILES string of the molecule is COc1ccc(OCCCNC(=O)[C@H](Cc2ccc(C(F)(F)P(=O)(O)O)cc2)NC(=O)OCc2ccccc2)cc1. The molecule has 0 spiro atoms. The smallest absolute Gasteiger partial charge is 0.408 e. The molecule has 2 amide bonds. The monoisotopic (exact) mass is 592 g/mol. The van der Waals surface area contributed by atoms with Gasteiger partial charge in [0.25, 0.3) is 0 Å². The number of alkyl halides is 2. The number of benzene rings is 3. The lowest BCUT2D eigenvalue weighted by Gasteiger charge is -2.20. The molecule has 4 N–H and O–H groups in total. The van der Waals surface area contributed by atoms with E-state index in [9.17, 15) is 22.9 Å². The Labute approximate surface area is 235 Å². The van der Waals surface area contributed by atoms with Crippen molar-refractivity contribution in [3.05, 3.63) is 95.6 Å². The highest BCUT2D eigenvalue weighted by Gasteiger charge is 2.50. The number of amides is 2. The highest BCUT2D eigenvalue weighted by Crippen LogP contribution is 2.59. The number of rotatable bonds is 14. The maximum Gasteiger partial charge on any atom is 0.408 e. The molecule has 0 saturated carbocycles. The van der Waals surface area contributed by atoms with E-state index in [-0.39, 0.29) is 19.6 Å². The molecule has 0 heterocycles. The molecule has 0 unspecified atom stereocenters. The number of alkyl carbamates (subject to hydrolysis) is 1. The Kier molecular flexibility index (Phi) is 11.2. The van der Waals surface area contributed by atoms with Crippen molar-refractivity contribution in [1.29, 1.82) is 0 Å². The van der Waals surface area contributed by atoms with Gasteiger partial charge < -0.3 is 34.6 Å². The second kappa shape index (κ2) is 14.6. The largest absolute Gasteiger partial charge is 0.497 e. The molecule has 220 valence electrons. The van der Waals surface area contributed by atoms with Gasteiger partial charge in [-0.05, 0) is 41.8 Å². The number of carbonyl (C=O) groups excluding carboxylic acids is 2. The lowest BCUT2D eigenvalue weighted by Crippen LogP contribution is -2.48. The fourth-order valence-electron chi connectivity index (χ4n) is 3.63. The van der Waals surface area contributed by atoms with E-state index < -0.39 is 36.9 Å². The number of nitrogens with one attached hydrogen (secondary N) is 2. The first-order valence-corrected chi connectivity index (χ1v) is 14.2. The number of ether oxygens (including phenoxy) is 3. The predicted octanol–water partition coefficient (Wildman–Crippen LogP) is 4.35. The van der Waals surface area contributed by atoms with Crippen LogP contribution >= 0.6 is 7.60 Å². The Morgan fingerprint density at radius 3 is 2.17 bits per heavy atom. The van der Waals surface area contributed by atoms with Crippen molar-refractivity contribution in [3.63, 3.8) is 0 Å². The average Bonchev–Trinajstić information content (AvgIpc) is 2.96. The van der Waals surface area contributed by atoms with Gasteiger partial charge in [-0.15, -0.1) is 0 Å². The van der Waals surface area contributed by atoms with Crippen LogP contribution in [0.1, 0.15) is 23.1 Å². The minimum Gasteiger partial charge on any atom is -0.497 e. The van der Waals surface area contributed by atoms with Crippen molar-refractivity contribution >= 4 is 19.6 Å². The minimum absolute atomic E-state index is 0.0319. The van der Waals surface area contributed by atoms with Gasteiger partial charge in [-0.2, -0.15) is 8.78 Å². The first-order chi connectivity index (χ1) is 19.5.